The van der Waals surface area contributed by atoms with Crippen molar-refractivity contribution in [1.82, 2.24) is 0 Å². The fourth-order valence-corrected chi connectivity index (χ4v) is 1.47. The predicted molar refractivity (Wildman–Crippen MR) is 97.2 cm³/mol. The number of primary amides is 2. The van der Waals surface area contributed by atoms with E-state index in [2.05, 4.69) is 0 Å². The highest BCUT2D eigenvalue weighted by molar-refractivity contribution is 5.93. The van der Waals surface area contributed by atoms with Gasteiger partial charge in [0.2, 0.25) is 11.8 Å². The maximum Gasteiger partial charge on any atom is 0.335 e. The molecule has 10 heteroatoms. The number of aliphatic carboxylic acids is 2. The zero-order valence-corrected chi connectivity index (χ0v) is 14.5. The standard InChI is InChI=1S/2C7H7NO.C4H6O6/c2*8-7(9)6-4-2-1-3-5-6;5-1(3(7)8)2(6)4(9)10/h2*1-5H,(H2,8,9);1-2,5-6H,(H,7,8)(H,9,10). The Hall–Kier alpha value is -3.76. The zero-order valence-electron chi connectivity index (χ0n) is 14.5. The fourth-order valence-electron chi connectivity index (χ4n) is 1.47. The van der Waals surface area contributed by atoms with Gasteiger partial charge in [-0.15, -0.1) is 0 Å². The lowest BCUT2D eigenvalue weighted by Crippen LogP contribution is -2.39. The van der Waals surface area contributed by atoms with E-state index in [4.69, 9.17) is 31.9 Å². The van der Waals surface area contributed by atoms with E-state index >= 15 is 0 Å². The summed E-state index contributed by atoms with van der Waals surface area (Å²) in [6, 6.07) is 17.5. The van der Waals surface area contributed by atoms with Crippen molar-refractivity contribution in [3.8, 4) is 0 Å². The summed E-state index contributed by atoms with van der Waals surface area (Å²) in [4.78, 5) is 40.4. The molecule has 2 amide bonds. The first-order chi connectivity index (χ1) is 13.1. The number of benzene rings is 2. The van der Waals surface area contributed by atoms with E-state index in [-0.39, 0.29) is 11.8 Å². The molecule has 0 bridgehead atoms. The fraction of sp³-hybridized carbons (Fsp3) is 0.111. The number of carboxylic acid groups (broad SMARTS) is 2. The van der Waals surface area contributed by atoms with Crippen LogP contribution in [0.4, 0.5) is 0 Å². The Morgan fingerprint density at radius 3 is 1.00 bits per heavy atom. The molecule has 0 radical (unpaired) electrons. The van der Waals surface area contributed by atoms with Crippen LogP contribution in [0.1, 0.15) is 20.7 Å². The van der Waals surface area contributed by atoms with Gasteiger partial charge in [-0.3, -0.25) is 9.59 Å². The summed E-state index contributed by atoms with van der Waals surface area (Å²) in [6.07, 6.45) is -4.53. The van der Waals surface area contributed by atoms with E-state index in [1.165, 1.54) is 0 Å². The number of aliphatic hydroxyl groups is 2. The number of aliphatic hydroxyl groups excluding tert-OH is 2. The second kappa shape index (κ2) is 12.6. The van der Waals surface area contributed by atoms with Crippen molar-refractivity contribution in [2.24, 2.45) is 11.5 Å². The lowest BCUT2D eigenvalue weighted by atomic mass is 10.2. The summed E-state index contributed by atoms with van der Waals surface area (Å²) in [5, 5.41) is 32.5. The Morgan fingerprint density at radius 1 is 0.607 bits per heavy atom. The molecule has 2 atom stereocenters. The van der Waals surface area contributed by atoms with E-state index < -0.39 is 24.1 Å². The molecule has 2 aromatic carbocycles. The van der Waals surface area contributed by atoms with Crippen LogP contribution in [0.3, 0.4) is 0 Å². The summed E-state index contributed by atoms with van der Waals surface area (Å²) in [7, 11) is 0. The van der Waals surface area contributed by atoms with Gasteiger partial charge in [0.15, 0.2) is 12.2 Å². The molecule has 0 saturated heterocycles. The molecule has 10 nitrogen and oxygen atoms in total. The van der Waals surface area contributed by atoms with E-state index in [0.717, 1.165) is 0 Å². The number of rotatable bonds is 5. The van der Waals surface area contributed by atoms with Gasteiger partial charge in [-0.05, 0) is 24.3 Å². The first-order valence-corrected chi connectivity index (χ1v) is 7.59. The molecule has 28 heavy (non-hydrogen) atoms. The van der Waals surface area contributed by atoms with Crippen molar-refractivity contribution in [1.29, 1.82) is 0 Å². The van der Waals surface area contributed by atoms with Crippen LogP contribution in [0.15, 0.2) is 60.7 Å². The SMILES string of the molecule is NC(=O)c1ccccc1.NC(=O)c1ccccc1.O=C(O)C(O)C(O)C(=O)O. The van der Waals surface area contributed by atoms with Gasteiger partial charge in [0.25, 0.3) is 0 Å². The number of carbonyl (C=O) groups excluding carboxylic acids is 2. The van der Waals surface area contributed by atoms with E-state index in [0.29, 0.717) is 11.1 Å². The lowest BCUT2D eigenvalue weighted by Gasteiger charge is -2.07. The third-order valence-corrected chi connectivity index (χ3v) is 2.92. The van der Waals surface area contributed by atoms with Crippen molar-refractivity contribution in [2.75, 3.05) is 0 Å². The second-order valence-corrected chi connectivity index (χ2v) is 5.03. The van der Waals surface area contributed by atoms with Crippen LogP contribution in [0.5, 0.6) is 0 Å². The van der Waals surface area contributed by atoms with Crippen LogP contribution in [-0.4, -0.2) is 56.4 Å². The highest BCUT2D eigenvalue weighted by Gasteiger charge is 2.29. The van der Waals surface area contributed by atoms with Gasteiger partial charge >= 0.3 is 11.9 Å². The van der Waals surface area contributed by atoms with Crippen molar-refractivity contribution >= 4 is 23.8 Å². The maximum atomic E-state index is 10.4. The number of carbonyl (C=O) groups is 4. The van der Waals surface area contributed by atoms with Crippen LogP contribution in [0.25, 0.3) is 0 Å². The van der Waals surface area contributed by atoms with Crippen molar-refractivity contribution in [3.05, 3.63) is 71.8 Å². The lowest BCUT2D eigenvalue weighted by molar-refractivity contribution is -0.165. The third kappa shape index (κ3) is 9.65. The third-order valence-electron chi connectivity index (χ3n) is 2.92. The molecule has 0 aliphatic rings. The van der Waals surface area contributed by atoms with Crippen LogP contribution in [-0.2, 0) is 9.59 Å². The van der Waals surface area contributed by atoms with Crippen LogP contribution < -0.4 is 11.5 Å². The molecule has 2 unspecified atom stereocenters. The van der Waals surface area contributed by atoms with E-state index in [9.17, 15) is 19.2 Å². The molecule has 0 aliphatic heterocycles. The Labute approximate surface area is 159 Å². The Balaban J connectivity index is 0.000000391. The van der Waals surface area contributed by atoms with Gasteiger partial charge < -0.3 is 31.9 Å². The molecule has 2 rings (SSSR count). The molecule has 0 heterocycles. The monoisotopic (exact) mass is 392 g/mol. The molecule has 0 spiro atoms. The van der Waals surface area contributed by atoms with Crippen molar-refractivity contribution in [3.63, 3.8) is 0 Å². The summed E-state index contributed by atoms with van der Waals surface area (Å²) >= 11 is 0. The minimum atomic E-state index is -2.27. The molecule has 0 aromatic heterocycles. The Bertz CT molecular complexity index is 713. The Morgan fingerprint density at radius 2 is 0.857 bits per heavy atom. The maximum absolute atomic E-state index is 10.4. The van der Waals surface area contributed by atoms with Crippen molar-refractivity contribution < 1.29 is 39.6 Å². The minimum Gasteiger partial charge on any atom is -0.479 e. The topological polar surface area (TPSA) is 201 Å². The van der Waals surface area contributed by atoms with Gasteiger partial charge in [-0.2, -0.15) is 0 Å². The zero-order chi connectivity index (χ0) is 21.7. The number of carboxylic acids is 2. The quantitative estimate of drug-likeness (QED) is 0.389. The molecule has 150 valence electrons. The highest BCUT2D eigenvalue weighted by Crippen LogP contribution is 1.95. The van der Waals surface area contributed by atoms with Gasteiger partial charge in [0.1, 0.15) is 0 Å². The molecule has 8 N–H and O–H groups in total. The van der Waals surface area contributed by atoms with Crippen LogP contribution >= 0.6 is 0 Å². The minimum absolute atomic E-state index is 0.379. The second-order valence-electron chi connectivity index (χ2n) is 5.03. The van der Waals surface area contributed by atoms with E-state index in [1.807, 2.05) is 12.1 Å². The molecular weight excluding hydrogens is 372 g/mol. The number of amides is 2. The van der Waals surface area contributed by atoms with Crippen LogP contribution in [0.2, 0.25) is 0 Å². The van der Waals surface area contributed by atoms with Gasteiger partial charge in [0.05, 0.1) is 0 Å². The molecular formula is C18H20N2O8. The number of hydrogen-bond acceptors (Lipinski definition) is 6. The molecule has 0 aliphatic carbocycles. The van der Waals surface area contributed by atoms with Gasteiger partial charge in [-0.1, -0.05) is 36.4 Å². The average molecular weight is 392 g/mol. The predicted octanol–water partition coefficient (Wildman–Crippen LogP) is -0.552. The Kier molecular flexibility index (Phi) is 10.9. The van der Waals surface area contributed by atoms with Crippen LogP contribution in [0, 0.1) is 0 Å². The molecule has 0 saturated carbocycles. The number of nitrogens with two attached hydrogens (primary N) is 2. The molecule has 0 fully saturated rings. The normalized spacial score (nSPS) is 11.4. The largest absolute Gasteiger partial charge is 0.479 e. The number of hydrogen-bond donors (Lipinski definition) is 6. The average Bonchev–Trinajstić information content (AvgIpc) is 2.69. The first-order valence-electron chi connectivity index (χ1n) is 7.59. The first kappa shape index (κ1) is 24.2. The summed E-state index contributed by atoms with van der Waals surface area (Å²) in [5.41, 5.74) is 11.1. The summed E-state index contributed by atoms with van der Waals surface area (Å²) in [6.45, 7) is 0. The van der Waals surface area contributed by atoms with E-state index in [1.54, 1.807) is 48.5 Å². The van der Waals surface area contributed by atoms with Crippen molar-refractivity contribution in [2.45, 2.75) is 12.2 Å². The summed E-state index contributed by atoms with van der Waals surface area (Å²) < 4.78 is 0. The molecule has 2 aromatic rings. The highest BCUT2D eigenvalue weighted by atomic mass is 16.4. The van der Waals surface area contributed by atoms with Gasteiger partial charge in [-0.25, -0.2) is 9.59 Å². The summed E-state index contributed by atoms with van der Waals surface area (Å²) in [5.74, 6) is -4.30. The smallest absolute Gasteiger partial charge is 0.335 e. The van der Waals surface area contributed by atoms with Gasteiger partial charge in [0, 0.05) is 11.1 Å².